The Morgan fingerprint density at radius 3 is 2.81 bits per heavy atom. The molecule has 10 heteroatoms. The van der Waals surface area contributed by atoms with Gasteiger partial charge in [0, 0.05) is 10.6 Å². The van der Waals surface area contributed by atoms with E-state index in [4.69, 9.17) is 17.3 Å². The highest BCUT2D eigenvalue weighted by molar-refractivity contribution is 6.30. The van der Waals surface area contributed by atoms with Crippen LogP contribution in [0.25, 0.3) is 16.9 Å². The molecule has 0 saturated heterocycles. The van der Waals surface area contributed by atoms with Crippen molar-refractivity contribution in [3.63, 3.8) is 0 Å². The summed E-state index contributed by atoms with van der Waals surface area (Å²) in [5.41, 5.74) is 13.5. The van der Waals surface area contributed by atoms with Crippen LogP contribution in [0.1, 0.15) is 10.4 Å². The minimum Gasteiger partial charge on any atom is -0.393 e. The van der Waals surface area contributed by atoms with Gasteiger partial charge in [-0.05, 0) is 30.3 Å². The number of hydrogen-bond acceptors (Lipinski definition) is 7. The van der Waals surface area contributed by atoms with Crippen molar-refractivity contribution in [1.29, 1.82) is 0 Å². The van der Waals surface area contributed by atoms with Crippen LogP contribution < -0.4 is 16.6 Å². The van der Waals surface area contributed by atoms with Crippen molar-refractivity contribution in [3.05, 3.63) is 65.4 Å². The van der Waals surface area contributed by atoms with Crippen LogP contribution in [-0.2, 0) is 0 Å². The van der Waals surface area contributed by atoms with Gasteiger partial charge in [0.25, 0.3) is 5.91 Å². The zero-order chi connectivity index (χ0) is 18.8. The lowest BCUT2D eigenvalue weighted by molar-refractivity contribution is 0.0962. The zero-order valence-electron chi connectivity index (χ0n) is 13.8. The summed E-state index contributed by atoms with van der Waals surface area (Å²) in [6, 6.07) is 14.0. The molecule has 0 aliphatic heterocycles. The highest BCUT2D eigenvalue weighted by atomic mass is 35.5. The molecule has 0 radical (unpaired) electrons. The number of hydrazine groups is 1. The van der Waals surface area contributed by atoms with Gasteiger partial charge >= 0.3 is 0 Å². The van der Waals surface area contributed by atoms with Gasteiger partial charge in [-0.25, -0.2) is 9.97 Å². The third-order valence-electron chi connectivity index (χ3n) is 3.80. The Morgan fingerprint density at radius 1 is 1.11 bits per heavy atom. The first-order valence-electron chi connectivity index (χ1n) is 7.86. The summed E-state index contributed by atoms with van der Waals surface area (Å²) >= 11 is 5.90. The molecule has 0 bridgehead atoms. The predicted molar refractivity (Wildman–Crippen MR) is 101 cm³/mol. The van der Waals surface area contributed by atoms with E-state index in [-0.39, 0.29) is 17.4 Å². The number of fused-ring (bicyclic) bond motifs is 1. The minimum atomic E-state index is -0.386. The number of carbonyl (C=O) groups is 1. The first-order chi connectivity index (χ1) is 13.1. The van der Waals surface area contributed by atoms with E-state index in [0.29, 0.717) is 21.9 Å². The standard InChI is InChI=1S/C17H13ClN8O/c18-11-5-3-4-10(8-11)17(27)24-23-15-14(19)16(21-9-20-15)26-13-7-2-1-6-12(13)22-25-26/h1-9H,19H2,(H,24,27)(H,20,21,23). The van der Waals surface area contributed by atoms with Crippen molar-refractivity contribution in [2.24, 2.45) is 0 Å². The molecule has 134 valence electrons. The van der Waals surface area contributed by atoms with Gasteiger partial charge in [-0.15, -0.1) is 5.10 Å². The minimum absolute atomic E-state index is 0.208. The van der Waals surface area contributed by atoms with E-state index in [2.05, 4.69) is 31.1 Å². The van der Waals surface area contributed by atoms with Gasteiger partial charge in [0.15, 0.2) is 11.6 Å². The molecular weight excluding hydrogens is 368 g/mol. The molecule has 4 aromatic rings. The molecule has 27 heavy (non-hydrogen) atoms. The Kier molecular flexibility index (Phi) is 4.27. The lowest BCUT2D eigenvalue weighted by atomic mass is 10.2. The van der Waals surface area contributed by atoms with E-state index in [0.717, 1.165) is 5.52 Å². The number of hydrogen-bond donors (Lipinski definition) is 3. The number of nitrogens with two attached hydrogens (primary N) is 1. The fourth-order valence-electron chi connectivity index (χ4n) is 2.50. The average Bonchev–Trinajstić information content (AvgIpc) is 3.11. The lowest BCUT2D eigenvalue weighted by Crippen LogP contribution is -2.30. The molecule has 4 rings (SSSR count). The molecule has 2 aromatic heterocycles. The summed E-state index contributed by atoms with van der Waals surface area (Å²) in [6.45, 7) is 0. The van der Waals surface area contributed by atoms with Gasteiger partial charge in [0.05, 0.1) is 5.52 Å². The fraction of sp³-hybridized carbons (Fsp3) is 0. The van der Waals surface area contributed by atoms with Crippen molar-refractivity contribution in [2.45, 2.75) is 0 Å². The number of aromatic nitrogens is 5. The molecule has 0 aliphatic carbocycles. The number of nitrogens with zero attached hydrogens (tertiary/aromatic N) is 5. The molecule has 2 aromatic carbocycles. The first-order valence-corrected chi connectivity index (χ1v) is 8.24. The van der Waals surface area contributed by atoms with Gasteiger partial charge < -0.3 is 5.73 Å². The molecular formula is C17H13ClN8O. The summed E-state index contributed by atoms with van der Waals surface area (Å²) in [6.07, 6.45) is 1.32. The Balaban J connectivity index is 1.60. The SMILES string of the molecule is Nc1c(NNC(=O)c2cccc(Cl)c2)ncnc1-n1nnc2ccccc21. The van der Waals surface area contributed by atoms with E-state index in [9.17, 15) is 4.79 Å². The molecule has 0 saturated carbocycles. The molecule has 0 fully saturated rings. The molecule has 9 nitrogen and oxygen atoms in total. The van der Waals surface area contributed by atoms with Crippen molar-refractivity contribution in [3.8, 4) is 5.82 Å². The fourth-order valence-corrected chi connectivity index (χ4v) is 2.69. The van der Waals surface area contributed by atoms with Crippen LogP contribution in [0.2, 0.25) is 5.02 Å². The molecule has 2 heterocycles. The van der Waals surface area contributed by atoms with Crippen molar-refractivity contribution in [1.82, 2.24) is 30.4 Å². The van der Waals surface area contributed by atoms with Crippen LogP contribution in [0.15, 0.2) is 54.9 Å². The van der Waals surface area contributed by atoms with Crippen LogP contribution in [0, 0.1) is 0 Å². The maximum absolute atomic E-state index is 12.2. The van der Waals surface area contributed by atoms with E-state index in [1.165, 1.54) is 11.0 Å². The van der Waals surface area contributed by atoms with E-state index < -0.39 is 0 Å². The largest absolute Gasteiger partial charge is 0.393 e. The highest BCUT2D eigenvalue weighted by Gasteiger charge is 2.15. The van der Waals surface area contributed by atoms with Crippen LogP contribution in [0.3, 0.4) is 0 Å². The number of nitrogens with one attached hydrogen (secondary N) is 2. The molecule has 1 amide bonds. The van der Waals surface area contributed by atoms with E-state index in [1.54, 1.807) is 24.3 Å². The Labute approximate surface area is 158 Å². The normalized spacial score (nSPS) is 10.7. The number of halogens is 1. The number of carbonyl (C=O) groups excluding carboxylic acids is 1. The molecule has 0 aliphatic rings. The van der Waals surface area contributed by atoms with Crippen LogP contribution >= 0.6 is 11.6 Å². The summed E-state index contributed by atoms with van der Waals surface area (Å²) in [5, 5.41) is 8.63. The predicted octanol–water partition coefficient (Wildman–Crippen LogP) is 2.20. The molecule has 4 N–H and O–H groups in total. The van der Waals surface area contributed by atoms with Gasteiger partial charge in [0.2, 0.25) is 0 Å². The Bertz CT molecular complexity index is 1140. The third kappa shape index (κ3) is 3.23. The second kappa shape index (κ2) is 6.89. The summed E-state index contributed by atoms with van der Waals surface area (Å²) in [7, 11) is 0. The van der Waals surface area contributed by atoms with Gasteiger partial charge in [-0.2, -0.15) is 4.68 Å². The van der Waals surface area contributed by atoms with Crippen LogP contribution in [0.4, 0.5) is 11.5 Å². The van der Waals surface area contributed by atoms with Gasteiger partial charge in [-0.1, -0.05) is 35.0 Å². The topological polar surface area (TPSA) is 124 Å². The summed E-state index contributed by atoms with van der Waals surface area (Å²) < 4.78 is 1.51. The van der Waals surface area contributed by atoms with Crippen LogP contribution in [0.5, 0.6) is 0 Å². The van der Waals surface area contributed by atoms with Gasteiger partial charge in [0.1, 0.15) is 17.5 Å². The van der Waals surface area contributed by atoms with Crippen molar-refractivity contribution >= 4 is 40.0 Å². The first kappa shape index (κ1) is 16.7. The quantitative estimate of drug-likeness (QED) is 0.463. The highest BCUT2D eigenvalue weighted by Crippen LogP contribution is 2.23. The third-order valence-corrected chi connectivity index (χ3v) is 4.03. The molecule has 0 atom stereocenters. The lowest BCUT2D eigenvalue weighted by Gasteiger charge is -2.12. The van der Waals surface area contributed by atoms with E-state index in [1.807, 2.05) is 24.3 Å². The number of para-hydroxylation sites is 1. The number of amides is 1. The maximum Gasteiger partial charge on any atom is 0.269 e. The number of benzene rings is 2. The summed E-state index contributed by atoms with van der Waals surface area (Å²) in [4.78, 5) is 20.5. The zero-order valence-corrected chi connectivity index (χ0v) is 14.6. The molecule has 0 spiro atoms. The second-order valence-corrected chi connectivity index (χ2v) is 5.98. The van der Waals surface area contributed by atoms with Gasteiger partial charge in [-0.3, -0.25) is 15.6 Å². The van der Waals surface area contributed by atoms with Crippen molar-refractivity contribution in [2.75, 3.05) is 11.2 Å². The average molecular weight is 381 g/mol. The maximum atomic E-state index is 12.2. The van der Waals surface area contributed by atoms with Crippen LogP contribution in [-0.4, -0.2) is 30.9 Å². The molecule has 0 unspecified atom stereocenters. The Hall–Kier alpha value is -3.72. The van der Waals surface area contributed by atoms with E-state index >= 15 is 0 Å². The number of anilines is 2. The Morgan fingerprint density at radius 2 is 1.96 bits per heavy atom. The van der Waals surface area contributed by atoms with Crippen molar-refractivity contribution < 1.29 is 4.79 Å². The summed E-state index contributed by atoms with van der Waals surface area (Å²) in [5.74, 6) is 0.191. The monoisotopic (exact) mass is 380 g/mol. The number of nitrogen functional groups attached to an aromatic ring is 1. The smallest absolute Gasteiger partial charge is 0.269 e. The number of rotatable bonds is 4. The second-order valence-electron chi connectivity index (χ2n) is 5.54.